The molecule has 248 valence electrons. The van der Waals surface area contributed by atoms with Gasteiger partial charge in [-0.3, -0.25) is 15.3 Å². The van der Waals surface area contributed by atoms with Crippen LogP contribution in [0.2, 0.25) is 0 Å². The number of amides is 5. The van der Waals surface area contributed by atoms with Crippen molar-refractivity contribution in [3.05, 3.63) is 35.9 Å². The molecule has 13 nitrogen and oxygen atoms in total. The van der Waals surface area contributed by atoms with E-state index in [1.165, 1.54) is 0 Å². The highest BCUT2D eigenvalue weighted by Gasteiger charge is 2.36. The van der Waals surface area contributed by atoms with Gasteiger partial charge in [0.2, 0.25) is 11.8 Å². The third kappa shape index (κ3) is 15.0. The van der Waals surface area contributed by atoms with Crippen LogP contribution in [0.3, 0.4) is 0 Å². The van der Waals surface area contributed by atoms with Gasteiger partial charge in [0.05, 0.1) is 0 Å². The molecule has 0 fully saturated rings. The number of urea groups is 1. The molecule has 5 amide bonds. The van der Waals surface area contributed by atoms with Gasteiger partial charge in [-0.15, -0.1) is 0 Å². The molecule has 8 N–H and O–H groups in total. The highest BCUT2D eigenvalue weighted by molar-refractivity contribution is 5.93. The zero-order valence-electron chi connectivity index (χ0n) is 27.0. The number of carbonyl (C=O) groups is 5. The third-order valence-electron chi connectivity index (χ3n) is 6.71. The molecule has 1 unspecified atom stereocenters. The second-order valence-corrected chi connectivity index (χ2v) is 12.5. The minimum absolute atomic E-state index is 0.00146. The Labute approximate surface area is 260 Å². The third-order valence-corrected chi connectivity index (χ3v) is 6.71. The van der Waals surface area contributed by atoms with Crippen LogP contribution in [0.5, 0.6) is 0 Å². The van der Waals surface area contributed by atoms with Crippen LogP contribution in [0.15, 0.2) is 30.3 Å². The summed E-state index contributed by atoms with van der Waals surface area (Å²) in [6.45, 7) is 12.2. The molecule has 0 saturated carbocycles. The van der Waals surface area contributed by atoms with E-state index in [4.69, 9.17) is 10.5 Å². The van der Waals surface area contributed by atoms with Crippen LogP contribution in [0.4, 0.5) is 9.59 Å². The number of carboxylic acids is 1. The highest BCUT2D eigenvalue weighted by Crippen LogP contribution is 2.12. The van der Waals surface area contributed by atoms with Crippen LogP contribution < -0.4 is 32.3 Å². The van der Waals surface area contributed by atoms with E-state index >= 15 is 0 Å². The Morgan fingerprint density at radius 3 is 2.16 bits per heavy atom. The lowest BCUT2D eigenvalue weighted by Gasteiger charge is -2.29. The lowest BCUT2D eigenvalue weighted by Crippen LogP contribution is -2.65. The smallest absolute Gasteiger partial charge is 0.407 e. The second-order valence-electron chi connectivity index (χ2n) is 12.5. The van der Waals surface area contributed by atoms with Crippen molar-refractivity contribution in [1.29, 1.82) is 0 Å². The normalized spacial score (nSPS) is 14.0. The Balaban J connectivity index is 2.86. The van der Waals surface area contributed by atoms with Gasteiger partial charge in [-0.2, -0.15) is 0 Å². The highest BCUT2D eigenvalue weighted by atomic mass is 16.5. The molecule has 1 aromatic rings. The number of nitrogens with two attached hydrogens (primary N) is 1. The largest absolute Gasteiger partial charge is 0.478 e. The summed E-state index contributed by atoms with van der Waals surface area (Å²) in [6.07, 6.45) is 1.56. The van der Waals surface area contributed by atoms with E-state index in [0.29, 0.717) is 32.2 Å². The number of unbranched alkanes of at least 4 members (excludes halogenated alkanes) is 2. The number of carbonyl (C=O) groups excluding carboxylic acids is 4. The van der Waals surface area contributed by atoms with E-state index < -0.39 is 41.7 Å². The topological polar surface area (TPSA) is 201 Å². The van der Waals surface area contributed by atoms with Crippen LogP contribution >= 0.6 is 0 Å². The van der Waals surface area contributed by atoms with Crippen LogP contribution in [-0.4, -0.2) is 65.9 Å². The summed E-state index contributed by atoms with van der Waals surface area (Å²) in [7, 11) is 0. The van der Waals surface area contributed by atoms with Crippen LogP contribution in [0.1, 0.15) is 85.6 Å². The van der Waals surface area contributed by atoms with Crippen molar-refractivity contribution in [3.8, 4) is 0 Å². The van der Waals surface area contributed by atoms with Crippen LogP contribution in [-0.2, 0) is 25.7 Å². The molecule has 1 rings (SSSR count). The minimum Gasteiger partial charge on any atom is -0.478 e. The number of hydrogen-bond acceptors (Lipinski definition) is 7. The summed E-state index contributed by atoms with van der Waals surface area (Å²) in [5, 5.41) is 22.7. The monoisotopic (exact) mass is 620 g/mol. The Morgan fingerprint density at radius 1 is 0.932 bits per heavy atom. The van der Waals surface area contributed by atoms with Crippen LogP contribution in [0, 0.1) is 11.3 Å². The van der Waals surface area contributed by atoms with E-state index in [-0.39, 0.29) is 43.2 Å². The molecule has 13 heteroatoms. The van der Waals surface area contributed by atoms with E-state index in [9.17, 15) is 29.1 Å². The molecule has 0 heterocycles. The van der Waals surface area contributed by atoms with Gasteiger partial charge >= 0.3 is 18.1 Å². The molecule has 0 radical (unpaired) electrons. The van der Waals surface area contributed by atoms with Crippen molar-refractivity contribution in [2.75, 3.05) is 13.1 Å². The minimum atomic E-state index is -2.02. The second kappa shape index (κ2) is 18.7. The standard InChI is InChI=1S/C31H52N6O7/c1-7-8-17-31(32,27(40)41)37-28(42)35-23(25(38)36-24(21(2)3)26(39)34-20-30(4,5)6)16-12-13-18-33-29(43)44-19-22-14-10-9-11-15-22/h9-11,14-15,21,23-24H,7-8,12-13,16-20,32H2,1-6H3,(H,33,43)(H,34,39)(H,36,38)(H,40,41)(H2,35,37,42)/t23-,24+,31?/m1/s1. The van der Waals surface area contributed by atoms with Crippen molar-refractivity contribution >= 4 is 29.9 Å². The first-order chi connectivity index (χ1) is 20.6. The molecule has 0 aliphatic heterocycles. The summed E-state index contributed by atoms with van der Waals surface area (Å²) in [4.78, 5) is 63.0. The van der Waals surface area contributed by atoms with Gasteiger partial charge < -0.3 is 36.4 Å². The van der Waals surface area contributed by atoms with Crippen molar-refractivity contribution in [2.24, 2.45) is 17.1 Å². The van der Waals surface area contributed by atoms with Gasteiger partial charge in [-0.25, -0.2) is 14.4 Å². The van der Waals surface area contributed by atoms with Gasteiger partial charge in [-0.05, 0) is 49.0 Å². The summed E-state index contributed by atoms with van der Waals surface area (Å²) in [5.74, 6) is -2.61. The molecule has 3 atom stereocenters. The lowest BCUT2D eigenvalue weighted by atomic mass is 9.96. The maximum Gasteiger partial charge on any atom is 0.407 e. The fourth-order valence-electron chi connectivity index (χ4n) is 4.03. The maximum atomic E-state index is 13.4. The average Bonchev–Trinajstić information content (AvgIpc) is 2.95. The Hall–Kier alpha value is -3.87. The number of carboxylic acid groups (broad SMARTS) is 1. The van der Waals surface area contributed by atoms with Crippen LogP contribution in [0.25, 0.3) is 0 Å². The van der Waals surface area contributed by atoms with Gasteiger partial charge in [0.1, 0.15) is 18.7 Å². The van der Waals surface area contributed by atoms with Crippen molar-refractivity contribution in [2.45, 2.75) is 104 Å². The quantitative estimate of drug-likeness (QED) is 0.0959. The number of benzene rings is 1. The predicted octanol–water partition coefficient (Wildman–Crippen LogP) is 2.98. The zero-order chi connectivity index (χ0) is 33.3. The number of ether oxygens (including phenoxy) is 1. The molecular formula is C31H52N6O7. The summed E-state index contributed by atoms with van der Waals surface area (Å²) < 4.78 is 5.19. The van der Waals surface area contributed by atoms with Crippen molar-refractivity contribution < 1.29 is 33.8 Å². The number of hydrogen-bond donors (Lipinski definition) is 7. The molecule has 0 saturated heterocycles. The summed E-state index contributed by atoms with van der Waals surface area (Å²) in [6, 6.07) is 6.34. The summed E-state index contributed by atoms with van der Waals surface area (Å²) in [5.41, 5.74) is 4.63. The van der Waals surface area contributed by atoms with Crippen molar-refractivity contribution in [3.63, 3.8) is 0 Å². The molecular weight excluding hydrogens is 568 g/mol. The zero-order valence-corrected chi connectivity index (χ0v) is 27.0. The summed E-state index contributed by atoms with van der Waals surface area (Å²) >= 11 is 0. The van der Waals surface area contributed by atoms with E-state index in [1.807, 2.05) is 58.0 Å². The van der Waals surface area contributed by atoms with E-state index in [1.54, 1.807) is 13.8 Å². The number of rotatable bonds is 18. The molecule has 44 heavy (non-hydrogen) atoms. The predicted molar refractivity (Wildman–Crippen MR) is 167 cm³/mol. The van der Waals surface area contributed by atoms with Crippen molar-refractivity contribution in [1.82, 2.24) is 26.6 Å². The first-order valence-corrected chi connectivity index (χ1v) is 15.2. The van der Waals surface area contributed by atoms with E-state index in [2.05, 4.69) is 26.6 Å². The van der Waals surface area contributed by atoms with Gasteiger partial charge in [0.25, 0.3) is 0 Å². The fraction of sp³-hybridized carbons (Fsp3) is 0.645. The Morgan fingerprint density at radius 2 is 1.59 bits per heavy atom. The van der Waals surface area contributed by atoms with Gasteiger partial charge in [-0.1, -0.05) is 78.3 Å². The van der Waals surface area contributed by atoms with E-state index in [0.717, 1.165) is 5.56 Å². The maximum absolute atomic E-state index is 13.4. The molecule has 0 aliphatic rings. The lowest BCUT2D eigenvalue weighted by molar-refractivity contribution is -0.144. The Kier molecular flexibility index (Phi) is 16.2. The molecule has 0 aromatic heterocycles. The average molecular weight is 621 g/mol. The molecule has 1 aromatic carbocycles. The number of nitrogens with one attached hydrogen (secondary N) is 5. The number of alkyl carbamates (subject to hydrolysis) is 1. The molecule has 0 aliphatic carbocycles. The first kappa shape index (κ1) is 38.2. The number of aliphatic carboxylic acids is 1. The van der Waals surface area contributed by atoms with Gasteiger partial charge in [0.15, 0.2) is 5.66 Å². The SMILES string of the molecule is CCCCC(N)(NC(=O)N[C@H](CCCCNC(=O)OCc1ccccc1)C(=O)N[C@H](C(=O)NCC(C)(C)C)C(C)C)C(=O)O. The fourth-order valence-corrected chi connectivity index (χ4v) is 4.03. The van der Waals surface area contributed by atoms with Gasteiger partial charge in [0, 0.05) is 13.1 Å². The molecule has 0 spiro atoms. The first-order valence-electron chi connectivity index (χ1n) is 15.2. The molecule has 0 bridgehead atoms. The Bertz CT molecular complexity index is 1080.